The molecule has 3 heterocycles. The van der Waals surface area contributed by atoms with Gasteiger partial charge in [-0.1, -0.05) is 6.07 Å². The first-order valence-electron chi connectivity index (χ1n) is 8.96. The predicted molar refractivity (Wildman–Crippen MR) is 97.4 cm³/mol. The zero-order valence-electron chi connectivity index (χ0n) is 15.5. The number of amides is 2. The second-order valence-corrected chi connectivity index (χ2v) is 6.82. The summed E-state index contributed by atoms with van der Waals surface area (Å²) in [4.78, 5) is 30.9. The first-order chi connectivity index (χ1) is 12.5. The lowest BCUT2D eigenvalue weighted by Gasteiger charge is -2.31. The predicted octanol–water partition coefficient (Wildman–Crippen LogP) is 1.85. The fourth-order valence-corrected chi connectivity index (χ4v) is 3.35. The summed E-state index contributed by atoms with van der Waals surface area (Å²) in [5, 5.41) is 7.32. The first-order valence-corrected chi connectivity index (χ1v) is 8.96. The van der Waals surface area contributed by atoms with Crippen LogP contribution >= 0.6 is 0 Å². The summed E-state index contributed by atoms with van der Waals surface area (Å²) in [7, 11) is 1.89. The van der Waals surface area contributed by atoms with Crippen molar-refractivity contribution in [3.8, 4) is 0 Å². The summed E-state index contributed by atoms with van der Waals surface area (Å²) in [6, 6.07) is 5.24. The van der Waals surface area contributed by atoms with Gasteiger partial charge in [0.1, 0.15) is 5.69 Å². The Labute approximate surface area is 153 Å². The summed E-state index contributed by atoms with van der Waals surface area (Å²) in [5.74, 6) is -0.0864. The molecule has 2 amide bonds. The molecule has 0 aliphatic carbocycles. The van der Waals surface area contributed by atoms with E-state index in [1.54, 1.807) is 34.1 Å². The van der Waals surface area contributed by atoms with E-state index < -0.39 is 0 Å². The molecule has 2 aromatic rings. The van der Waals surface area contributed by atoms with Gasteiger partial charge in [-0.15, -0.1) is 0 Å². The zero-order chi connectivity index (χ0) is 18.7. The molecule has 7 heteroatoms. The molecule has 1 aliphatic rings. The topological polar surface area (TPSA) is 80.1 Å². The van der Waals surface area contributed by atoms with Crippen LogP contribution in [0, 0.1) is 12.8 Å². The quantitative estimate of drug-likeness (QED) is 0.908. The Kier molecular flexibility index (Phi) is 5.35. The summed E-state index contributed by atoms with van der Waals surface area (Å²) < 4.78 is 1.81. The molecule has 0 aromatic carbocycles. The van der Waals surface area contributed by atoms with Gasteiger partial charge in [0.15, 0.2) is 0 Å². The highest BCUT2D eigenvalue weighted by Gasteiger charge is 2.29. The van der Waals surface area contributed by atoms with Crippen molar-refractivity contribution < 1.29 is 9.59 Å². The van der Waals surface area contributed by atoms with E-state index in [-0.39, 0.29) is 23.8 Å². The number of carbonyl (C=O) groups excluding carboxylic acids is 2. The maximum Gasteiger partial charge on any atom is 0.272 e. The third-order valence-electron chi connectivity index (χ3n) is 5.14. The fourth-order valence-electron chi connectivity index (χ4n) is 3.35. The van der Waals surface area contributed by atoms with E-state index in [1.807, 2.05) is 27.0 Å². The van der Waals surface area contributed by atoms with Crippen LogP contribution in [0.25, 0.3) is 0 Å². The van der Waals surface area contributed by atoms with Crippen LogP contribution in [-0.2, 0) is 11.8 Å². The number of carbonyl (C=O) groups is 2. The van der Waals surface area contributed by atoms with E-state index in [0.717, 1.165) is 11.3 Å². The minimum atomic E-state index is -0.0793. The molecule has 7 nitrogen and oxygen atoms in total. The van der Waals surface area contributed by atoms with Crippen molar-refractivity contribution in [2.24, 2.45) is 13.0 Å². The number of rotatable bonds is 4. The average molecular weight is 355 g/mol. The maximum atomic E-state index is 12.6. The van der Waals surface area contributed by atoms with Crippen molar-refractivity contribution in [3.05, 3.63) is 47.5 Å². The zero-order valence-corrected chi connectivity index (χ0v) is 15.5. The third-order valence-corrected chi connectivity index (χ3v) is 5.14. The van der Waals surface area contributed by atoms with E-state index in [9.17, 15) is 9.59 Å². The Hall–Kier alpha value is -2.70. The summed E-state index contributed by atoms with van der Waals surface area (Å²) in [5.41, 5.74) is 2.54. The Morgan fingerprint density at radius 1 is 1.27 bits per heavy atom. The van der Waals surface area contributed by atoms with E-state index in [0.29, 0.717) is 31.6 Å². The molecule has 1 atom stereocenters. The highest BCUT2D eigenvalue weighted by Crippen LogP contribution is 2.21. The average Bonchev–Trinajstić information content (AvgIpc) is 3.01. The highest BCUT2D eigenvalue weighted by molar-refractivity contribution is 5.92. The van der Waals surface area contributed by atoms with Gasteiger partial charge in [-0.2, -0.15) is 5.10 Å². The molecule has 3 rings (SSSR count). The second kappa shape index (κ2) is 7.68. The standard InChI is InChI=1S/C19H25N5O2/c1-13(16-12-21-23(3)14(16)2)22-18(25)15-7-10-24(11-8-15)19(26)17-6-4-5-9-20-17/h4-6,9,12-13,15H,7-8,10-11H2,1-3H3,(H,22,25)/t13-/m0/s1. The molecule has 1 N–H and O–H groups in total. The van der Waals surface area contributed by atoms with Gasteiger partial charge < -0.3 is 10.2 Å². The minimum absolute atomic E-state index is 0.0469. The van der Waals surface area contributed by atoms with Crippen LogP contribution in [-0.4, -0.2) is 44.6 Å². The van der Waals surface area contributed by atoms with Crippen molar-refractivity contribution in [3.63, 3.8) is 0 Å². The lowest BCUT2D eigenvalue weighted by Crippen LogP contribution is -2.43. The smallest absolute Gasteiger partial charge is 0.272 e. The maximum absolute atomic E-state index is 12.6. The monoisotopic (exact) mass is 355 g/mol. The summed E-state index contributed by atoms with van der Waals surface area (Å²) in [6.45, 7) is 5.12. The summed E-state index contributed by atoms with van der Waals surface area (Å²) >= 11 is 0. The lowest BCUT2D eigenvalue weighted by atomic mass is 9.95. The molecule has 26 heavy (non-hydrogen) atoms. The van der Waals surface area contributed by atoms with Gasteiger partial charge in [-0.3, -0.25) is 19.3 Å². The van der Waals surface area contributed by atoms with Crippen LogP contribution in [0.15, 0.2) is 30.6 Å². The van der Waals surface area contributed by atoms with E-state index in [2.05, 4.69) is 15.4 Å². The molecule has 1 fully saturated rings. The molecule has 1 saturated heterocycles. The van der Waals surface area contributed by atoms with E-state index >= 15 is 0 Å². The molecule has 0 radical (unpaired) electrons. The van der Waals surface area contributed by atoms with Gasteiger partial charge in [0.05, 0.1) is 12.2 Å². The molecule has 138 valence electrons. The first kappa shape index (κ1) is 18.1. The van der Waals surface area contributed by atoms with Gasteiger partial charge in [-0.25, -0.2) is 0 Å². The lowest BCUT2D eigenvalue weighted by molar-refractivity contribution is -0.127. The number of nitrogens with one attached hydrogen (secondary N) is 1. The number of hydrogen-bond acceptors (Lipinski definition) is 4. The molecular weight excluding hydrogens is 330 g/mol. The molecular formula is C19H25N5O2. The van der Waals surface area contributed by atoms with Crippen molar-refractivity contribution in [1.82, 2.24) is 25.0 Å². The molecule has 0 unspecified atom stereocenters. The van der Waals surface area contributed by atoms with Crippen LogP contribution in [0.2, 0.25) is 0 Å². The van der Waals surface area contributed by atoms with Crippen LogP contribution in [0.1, 0.15) is 47.6 Å². The SMILES string of the molecule is Cc1c([C@H](C)NC(=O)C2CCN(C(=O)c3ccccn3)CC2)cnn1C. The van der Waals surface area contributed by atoms with Crippen LogP contribution in [0.4, 0.5) is 0 Å². The largest absolute Gasteiger partial charge is 0.349 e. The van der Waals surface area contributed by atoms with Gasteiger partial charge in [-0.05, 0) is 38.8 Å². The molecule has 2 aromatic heterocycles. The Morgan fingerprint density at radius 3 is 2.58 bits per heavy atom. The van der Waals surface area contributed by atoms with Gasteiger partial charge in [0.2, 0.25) is 5.91 Å². The number of hydrogen-bond donors (Lipinski definition) is 1. The number of aromatic nitrogens is 3. The van der Waals surface area contributed by atoms with Crippen LogP contribution in [0.3, 0.4) is 0 Å². The van der Waals surface area contributed by atoms with Crippen LogP contribution in [0.5, 0.6) is 0 Å². The van der Waals surface area contributed by atoms with Crippen molar-refractivity contribution in [2.45, 2.75) is 32.7 Å². The van der Waals surface area contributed by atoms with Gasteiger partial charge >= 0.3 is 0 Å². The Morgan fingerprint density at radius 2 is 2.00 bits per heavy atom. The third kappa shape index (κ3) is 3.76. The van der Waals surface area contributed by atoms with E-state index in [4.69, 9.17) is 0 Å². The van der Waals surface area contributed by atoms with E-state index in [1.165, 1.54) is 0 Å². The molecule has 0 bridgehead atoms. The molecule has 0 saturated carbocycles. The van der Waals surface area contributed by atoms with Crippen LogP contribution < -0.4 is 5.32 Å². The number of nitrogens with zero attached hydrogens (tertiary/aromatic N) is 4. The number of piperidine rings is 1. The minimum Gasteiger partial charge on any atom is -0.349 e. The highest BCUT2D eigenvalue weighted by atomic mass is 16.2. The molecule has 0 spiro atoms. The van der Waals surface area contributed by atoms with Gasteiger partial charge in [0.25, 0.3) is 5.91 Å². The fraction of sp³-hybridized carbons (Fsp3) is 0.474. The Balaban J connectivity index is 1.53. The second-order valence-electron chi connectivity index (χ2n) is 6.82. The molecule has 1 aliphatic heterocycles. The summed E-state index contributed by atoms with van der Waals surface area (Å²) in [6.07, 6.45) is 4.76. The Bertz CT molecular complexity index is 778. The number of pyridine rings is 1. The van der Waals surface area contributed by atoms with Crippen molar-refractivity contribution in [2.75, 3.05) is 13.1 Å². The number of likely N-dealkylation sites (tertiary alicyclic amines) is 1. The van der Waals surface area contributed by atoms with Crippen molar-refractivity contribution in [1.29, 1.82) is 0 Å². The normalized spacial score (nSPS) is 16.3. The van der Waals surface area contributed by atoms with Gasteiger partial charge in [0, 0.05) is 43.5 Å². The van der Waals surface area contributed by atoms with Crippen molar-refractivity contribution >= 4 is 11.8 Å². The number of aryl methyl sites for hydroxylation is 1.